The molecule has 3 heterocycles. The highest BCUT2D eigenvalue weighted by Crippen LogP contribution is 2.34. The summed E-state index contributed by atoms with van der Waals surface area (Å²) in [5, 5.41) is 10.1. The molecule has 2 saturated heterocycles. The van der Waals surface area contributed by atoms with Gasteiger partial charge in [-0.15, -0.1) is 0 Å². The Morgan fingerprint density at radius 1 is 0.771 bits per heavy atom. The van der Waals surface area contributed by atoms with Gasteiger partial charge in [0.25, 0.3) is 0 Å². The van der Waals surface area contributed by atoms with Crippen LogP contribution in [-0.4, -0.2) is 70.6 Å². The molecule has 1 aromatic heterocycles. The van der Waals surface area contributed by atoms with Gasteiger partial charge < -0.3 is 30.7 Å². The van der Waals surface area contributed by atoms with Crippen LogP contribution in [0.25, 0.3) is 22.2 Å². The third-order valence-electron chi connectivity index (χ3n) is 9.89. The highest BCUT2D eigenvalue weighted by atomic mass is 16.2. The number of benzene rings is 3. The number of anilines is 2. The molecule has 10 heteroatoms. The van der Waals surface area contributed by atoms with Gasteiger partial charge in [-0.1, -0.05) is 42.5 Å². The predicted molar refractivity (Wildman–Crippen MR) is 186 cm³/mol. The van der Waals surface area contributed by atoms with Crippen molar-refractivity contribution in [1.29, 1.82) is 0 Å². The van der Waals surface area contributed by atoms with Crippen molar-refractivity contribution in [2.75, 3.05) is 30.8 Å². The summed E-state index contributed by atoms with van der Waals surface area (Å²) in [7, 11) is 1.76. The summed E-state index contributed by atoms with van der Waals surface area (Å²) in [6, 6.07) is 23.5. The molecule has 3 aromatic carbocycles. The van der Waals surface area contributed by atoms with Gasteiger partial charge >= 0.3 is 0 Å². The van der Waals surface area contributed by atoms with Gasteiger partial charge in [-0.05, 0) is 99.0 Å². The van der Waals surface area contributed by atoms with E-state index < -0.39 is 18.1 Å². The minimum absolute atomic E-state index is 0.0999. The average molecular weight is 647 g/mol. The second kappa shape index (κ2) is 13.6. The predicted octanol–water partition coefficient (Wildman–Crippen LogP) is 5.45. The second-order valence-electron chi connectivity index (χ2n) is 13.3. The molecule has 48 heavy (non-hydrogen) atoms. The van der Waals surface area contributed by atoms with Gasteiger partial charge in [0.1, 0.15) is 18.1 Å². The molecule has 10 nitrogen and oxygen atoms in total. The molecular formula is C38H42N6O4. The van der Waals surface area contributed by atoms with E-state index >= 15 is 0 Å². The van der Waals surface area contributed by atoms with E-state index in [4.69, 9.17) is 0 Å². The first kappa shape index (κ1) is 31.6. The Balaban J connectivity index is 0.985. The van der Waals surface area contributed by atoms with Gasteiger partial charge in [-0.25, -0.2) is 0 Å². The van der Waals surface area contributed by atoms with Gasteiger partial charge in [-0.2, -0.15) is 0 Å². The number of hydrogen-bond donors (Lipinski definition) is 4. The number of aromatic nitrogens is 1. The normalized spacial score (nSPS) is 19.8. The number of likely N-dealkylation sites (N-methyl/N-ethyl adjacent to an activating group) is 1. The number of likely N-dealkylation sites (tertiary alicyclic amines) is 2. The number of fused-ring (bicyclic) bond motifs is 1. The molecule has 3 aliphatic rings. The molecule has 248 valence electrons. The van der Waals surface area contributed by atoms with Crippen LogP contribution in [0, 0.1) is 5.92 Å². The average Bonchev–Trinajstić information content (AvgIpc) is 3.48. The monoisotopic (exact) mass is 646 g/mol. The number of rotatable bonds is 10. The van der Waals surface area contributed by atoms with Crippen LogP contribution in [0.5, 0.6) is 0 Å². The fourth-order valence-corrected chi connectivity index (χ4v) is 7.12. The number of nitrogens with one attached hydrogen (secondary N) is 4. The van der Waals surface area contributed by atoms with E-state index in [-0.39, 0.29) is 23.6 Å². The summed E-state index contributed by atoms with van der Waals surface area (Å²) in [4.78, 5) is 59.6. The molecule has 0 radical (unpaired) electrons. The number of aromatic amines is 1. The molecule has 3 atom stereocenters. The Hall–Kier alpha value is -4.96. The molecule has 0 unspecified atom stereocenters. The first-order valence-electron chi connectivity index (χ1n) is 17.0. The summed E-state index contributed by atoms with van der Waals surface area (Å²) in [6.45, 7) is 1.20. The van der Waals surface area contributed by atoms with E-state index in [2.05, 4.69) is 20.9 Å². The van der Waals surface area contributed by atoms with Crippen LogP contribution < -0.4 is 16.0 Å². The zero-order valence-corrected chi connectivity index (χ0v) is 27.2. The molecule has 4 N–H and O–H groups in total. The van der Waals surface area contributed by atoms with Crippen LogP contribution in [0.3, 0.4) is 0 Å². The molecule has 7 rings (SSSR count). The van der Waals surface area contributed by atoms with Crippen molar-refractivity contribution >= 4 is 45.9 Å². The number of amides is 4. The first-order chi connectivity index (χ1) is 23.4. The lowest BCUT2D eigenvalue weighted by Crippen LogP contribution is -2.47. The standard InChI is InChI=1S/C38H42N6O4/c1-39-35(26-7-3-2-4-8-26)38(48)44-20-6-10-33(44)37(47)41-29-17-18-30-27(22-29)23-31(42-30)25-13-15-28(16-14-25)40-36(46)32-9-5-19-43(32)34(45)21-24-11-12-24/h2-4,7-8,13-18,22-24,32-33,35,39,42H,5-6,9-12,19-21H2,1H3,(H,40,46)(H,41,47)/t32-,33-,35+/m0/s1. The summed E-state index contributed by atoms with van der Waals surface area (Å²) >= 11 is 0. The van der Waals surface area contributed by atoms with E-state index in [1.54, 1.807) is 16.8 Å². The maximum atomic E-state index is 13.5. The molecule has 4 aromatic rings. The quantitative estimate of drug-likeness (QED) is 0.182. The smallest absolute Gasteiger partial charge is 0.247 e. The van der Waals surface area contributed by atoms with Gasteiger partial charge in [0.2, 0.25) is 23.6 Å². The maximum Gasteiger partial charge on any atom is 0.247 e. The largest absolute Gasteiger partial charge is 0.355 e. The first-order valence-corrected chi connectivity index (χ1v) is 17.0. The highest BCUT2D eigenvalue weighted by molar-refractivity contribution is 6.00. The Labute approximate surface area is 280 Å². The van der Waals surface area contributed by atoms with Crippen LogP contribution >= 0.6 is 0 Å². The lowest BCUT2D eigenvalue weighted by Gasteiger charge is -2.28. The van der Waals surface area contributed by atoms with E-state index in [1.807, 2.05) is 78.9 Å². The third kappa shape index (κ3) is 6.71. The Bertz CT molecular complexity index is 1820. The van der Waals surface area contributed by atoms with Crippen molar-refractivity contribution < 1.29 is 19.2 Å². The molecule has 3 fully saturated rings. The van der Waals surface area contributed by atoms with Crippen LogP contribution in [0.15, 0.2) is 78.9 Å². The van der Waals surface area contributed by atoms with Gasteiger partial charge in [-0.3, -0.25) is 19.2 Å². The SMILES string of the molecule is CN[C@@H](C(=O)N1CCC[C@H]1C(=O)Nc1ccc2[nH]c(-c3ccc(NC(=O)[C@@H]4CCCN4C(=O)CC4CC4)cc3)cc2c1)c1ccccc1. The van der Waals surface area contributed by atoms with Crippen molar-refractivity contribution in [3.8, 4) is 11.3 Å². The Morgan fingerprint density at radius 2 is 1.42 bits per heavy atom. The minimum Gasteiger partial charge on any atom is -0.355 e. The molecular weight excluding hydrogens is 604 g/mol. The molecule has 0 spiro atoms. The van der Waals surface area contributed by atoms with Crippen molar-refractivity contribution in [1.82, 2.24) is 20.1 Å². The van der Waals surface area contributed by atoms with Crippen molar-refractivity contribution in [2.24, 2.45) is 5.92 Å². The van der Waals surface area contributed by atoms with Crippen LogP contribution in [0.1, 0.15) is 56.6 Å². The third-order valence-corrected chi connectivity index (χ3v) is 9.89. The Kier molecular flexibility index (Phi) is 8.99. The van der Waals surface area contributed by atoms with Crippen LogP contribution in [-0.2, 0) is 19.2 Å². The fraction of sp³-hybridized carbons (Fsp3) is 0.368. The van der Waals surface area contributed by atoms with Crippen LogP contribution in [0.4, 0.5) is 11.4 Å². The Morgan fingerprint density at radius 3 is 2.10 bits per heavy atom. The molecule has 4 amide bonds. The fourth-order valence-electron chi connectivity index (χ4n) is 7.12. The molecule has 1 saturated carbocycles. The summed E-state index contributed by atoms with van der Waals surface area (Å²) in [5.74, 6) is 0.180. The van der Waals surface area contributed by atoms with E-state index in [9.17, 15) is 19.2 Å². The van der Waals surface area contributed by atoms with Gasteiger partial charge in [0, 0.05) is 47.5 Å². The summed E-state index contributed by atoms with van der Waals surface area (Å²) in [5.41, 5.74) is 5.02. The van der Waals surface area contributed by atoms with E-state index in [0.717, 1.165) is 53.4 Å². The van der Waals surface area contributed by atoms with Gasteiger partial charge in [0.15, 0.2) is 0 Å². The maximum absolute atomic E-state index is 13.5. The topological polar surface area (TPSA) is 127 Å². The highest BCUT2D eigenvalue weighted by Gasteiger charge is 2.38. The van der Waals surface area contributed by atoms with Crippen molar-refractivity contribution in [2.45, 2.75) is 63.1 Å². The number of carbonyl (C=O) groups excluding carboxylic acids is 4. The van der Waals surface area contributed by atoms with Crippen molar-refractivity contribution in [3.63, 3.8) is 0 Å². The molecule has 1 aliphatic carbocycles. The zero-order chi connectivity index (χ0) is 33.2. The van der Waals surface area contributed by atoms with E-state index in [0.29, 0.717) is 49.6 Å². The molecule has 0 bridgehead atoms. The van der Waals surface area contributed by atoms with E-state index in [1.165, 1.54) is 0 Å². The van der Waals surface area contributed by atoms with Crippen molar-refractivity contribution in [3.05, 3.63) is 84.4 Å². The minimum atomic E-state index is -0.534. The lowest BCUT2D eigenvalue weighted by molar-refractivity contribution is -0.138. The van der Waals surface area contributed by atoms with Gasteiger partial charge in [0.05, 0.1) is 0 Å². The second-order valence-corrected chi connectivity index (χ2v) is 13.3. The lowest BCUT2D eigenvalue weighted by atomic mass is 10.1. The molecule has 2 aliphatic heterocycles. The number of H-pyrrole nitrogens is 1. The number of nitrogens with zero attached hydrogens (tertiary/aromatic N) is 2. The number of hydrogen-bond acceptors (Lipinski definition) is 5. The van der Waals surface area contributed by atoms with Crippen LogP contribution in [0.2, 0.25) is 0 Å². The number of carbonyl (C=O) groups is 4. The summed E-state index contributed by atoms with van der Waals surface area (Å²) < 4.78 is 0. The zero-order valence-electron chi connectivity index (χ0n) is 27.2. The summed E-state index contributed by atoms with van der Waals surface area (Å²) in [6.07, 6.45) is 5.73.